The number of likely N-dealkylation sites (tertiary alicyclic amines) is 2. The maximum Gasteiger partial charge on any atom is 0.261 e. The van der Waals surface area contributed by atoms with Gasteiger partial charge in [-0.05, 0) is 68.2 Å². The van der Waals surface area contributed by atoms with E-state index in [-0.39, 0.29) is 11.6 Å². The predicted octanol–water partition coefficient (Wildman–Crippen LogP) is 6.31. The highest BCUT2D eigenvalue weighted by molar-refractivity contribution is 5.81. The Morgan fingerprint density at radius 3 is 2.38 bits per heavy atom. The van der Waals surface area contributed by atoms with Gasteiger partial charge in [0.25, 0.3) is 5.56 Å². The van der Waals surface area contributed by atoms with E-state index in [4.69, 9.17) is 4.98 Å². The zero-order chi connectivity index (χ0) is 27.4. The normalized spacial score (nSPS) is 22.3. The van der Waals surface area contributed by atoms with E-state index in [1.807, 2.05) is 10.6 Å². The van der Waals surface area contributed by atoms with Gasteiger partial charge in [0, 0.05) is 51.0 Å². The molecule has 0 spiro atoms. The molecule has 3 atom stereocenters. The van der Waals surface area contributed by atoms with Crippen LogP contribution < -0.4 is 10.9 Å². The van der Waals surface area contributed by atoms with Crippen molar-refractivity contribution in [3.05, 3.63) is 70.3 Å². The van der Waals surface area contributed by atoms with Crippen molar-refractivity contribution in [1.82, 2.24) is 19.4 Å². The molecule has 0 radical (unpaired) electrons. The van der Waals surface area contributed by atoms with Crippen molar-refractivity contribution in [3.63, 3.8) is 0 Å². The summed E-state index contributed by atoms with van der Waals surface area (Å²) in [5.41, 5.74) is 3.32. The number of hydrogen-bond donors (Lipinski definition) is 1. The minimum absolute atomic E-state index is 0.0954. The molecule has 39 heavy (non-hydrogen) atoms. The highest BCUT2D eigenvalue weighted by Gasteiger charge is 2.31. The number of hydrogen-bond acceptors (Lipinski definition) is 5. The molecule has 6 heteroatoms. The number of piperidine rings is 2. The molecule has 2 fully saturated rings. The van der Waals surface area contributed by atoms with Gasteiger partial charge in [0.05, 0.1) is 16.9 Å². The van der Waals surface area contributed by atoms with Gasteiger partial charge in [-0.15, -0.1) is 0 Å². The average Bonchev–Trinajstić information content (AvgIpc) is 2.93. The number of nitrogens with zero attached hydrogens (tertiary/aromatic N) is 4. The fourth-order valence-electron chi connectivity index (χ4n) is 6.91. The molecule has 1 aromatic heterocycles. The molecule has 2 aromatic carbocycles. The number of benzene rings is 2. The topological polar surface area (TPSA) is 53.4 Å². The minimum atomic E-state index is 0.0954. The van der Waals surface area contributed by atoms with Gasteiger partial charge in [0.15, 0.2) is 0 Å². The van der Waals surface area contributed by atoms with Gasteiger partial charge < -0.3 is 5.32 Å². The van der Waals surface area contributed by atoms with E-state index >= 15 is 0 Å². The maximum absolute atomic E-state index is 13.8. The molecule has 1 N–H and O–H groups in total. The molecular weight excluding hydrogens is 482 g/mol. The van der Waals surface area contributed by atoms with Crippen LogP contribution in [0.5, 0.6) is 0 Å². The summed E-state index contributed by atoms with van der Waals surface area (Å²) in [4.78, 5) is 24.1. The van der Waals surface area contributed by atoms with Gasteiger partial charge in [0.1, 0.15) is 5.82 Å². The van der Waals surface area contributed by atoms with Gasteiger partial charge in [-0.1, -0.05) is 57.5 Å². The van der Waals surface area contributed by atoms with Crippen LogP contribution in [0.15, 0.2) is 53.3 Å². The first-order valence-corrected chi connectivity index (χ1v) is 15.3. The summed E-state index contributed by atoms with van der Waals surface area (Å²) in [7, 11) is 0. The fraction of sp³-hybridized carbons (Fsp3) is 0.576. The van der Waals surface area contributed by atoms with Crippen molar-refractivity contribution < 1.29 is 0 Å². The van der Waals surface area contributed by atoms with Gasteiger partial charge in [-0.25, -0.2) is 4.98 Å². The number of nitrogens with one attached hydrogen (secondary N) is 1. The summed E-state index contributed by atoms with van der Waals surface area (Å²) >= 11 is 0. The monoisotopic (exact) mass is 529 g/mol. The van der Waals surface area contributed by atoms with Crippen LogP contribution >= 0.6 is 0 Å². The molecule has 2 saturated heterocycles. The van der Waals surface area contributed by atoms with E-state index in [0.29, 0.717) is 24.4 Å². The highest BCUT2D eigenvalue weighted by Crippen LogP contribution is 2.32. The van der Waals surface area contributed by atoms with Crippen molar-refractivity contribution >= 4 is 16.6 Å². The van der Waals surface area contributed by atoms with Crippen LogP contribution in [0.4, 0.5) is 5.69 Å². The summed E-state index contributed by atoms with van der Waals surface area (Å²) < 4.78 is 1.94. The van der Waals surface area contributed by atoms with Gasteiger partial charge in [-0.3, -0.25) is 19.2 Å². The molecule has 5 rings (SSSR count). The van der Waals surface area contributed by atoms with Crippen molar-refractivity contribution in [2.75, 3.05) is 31.5 Å². The van der Waals surface area contributed by atoms with Crippen LogP contribution in [-0.2, 0) is 13.1 Å². The molecule has 210 valence electrons. The standard InChI is InChI=1S/C33H47N5O/c1-5-10-31(37-21-24(3)19-25(4)22-37)32-35-30-14-13-28(20-29(30)33(39)38(32)6-2)34-27-15-17-36(18-16-27)23-26-11-8-7-9-12-26/h7-9,11-14,20,24-25,27,31,34H,5-6,10,15-19,21-23H2,1-4H3/t24-,25+,31?. The largest absolute Gasteiger partial charge is 0.382 e. The Kier molecular flexibility index (Phi) is 9.03. The highest BCUT2D eigenvalue weighted by atomic mass is 16.1. The first-order chi connectivity index (χ1) is 18.9. The summed E-state index contributed by atoms with van der Waals surface area (Å²) in [5.74, 6) is 2.30. The lowest BCUT2D eigenvalue weighted by Gasteiger charge is -2.40. The summed E-state index contributed by atoms with van der Waals surface area (Å²) in [6, 6.07) is 17.6. The predicted molar refractivity (Wildman–Crippen MR) is 162 cm³/mol. The molecular formula is C33H47N5O. The first-order valence-electron chi connectivity index (χ1n) is 15.3. The lowest BCUT2D eigenvalue weighted by Crippen LogP contribution is -2.43. The van der Waals surface area contributed by atoms with E-state index in [1.165, 1.54) is 12.0 Å². The SMILES string of the molecule is CCCC(c1nc2ccc(NC3CCN(Cc4ccccc4)CC3)cc2c(=O)n1CC)N1C[C@H](C)C[C@H](C)C1. The molecule has 1 unspecified atom stereocenters. The summed E-state index contributed by atoms with van der Waals surface area (Å²) in [6.45, 7) is 15.0. The number of aromatic nitrogens is 2. The zero-order valence-corrected chi connectivity index (χ0v) is 24.4. The third-order valence-corrected chi connectivity index (χ3v) is 8.71. The van der Waals surface area contributed by atoms with Crippen molar-refractivity contribution in [3.8, 4) is 0 Å². The van der Waals surface area contributed by atoms with Crippen LogP contribution in [0.3, 0.4) is 0 Å². The minimum Gasteiger partial charge on any atom is -0.382 e. The molecule has 3 aromatic rings. The number of fused-ring (bicyclic) bond motifs is 1. The molecule has 0 saturated carbocycles. The Bertz CT molecular complexity index is 1270. The Morgan fingerprint density at radius 1 is 1.00 bits per heavy atom. The van der Waals surface area contributed by atoms with Crippen molar-refractivity contribution in [2.24, 2.45) is 11.8 Å². The van der Waals surface area contributed by atoms with E-state index in [9.17, 15) is 4.79 Å². The van der Waals surface area contributed by atoms with E-state index in [2.05, 4.69) is 85.3 Å². The molecule has 0 amide bonds. The Balaban J connectivity index is 1.33. The third kappa shape index (κ3) is 6.55. The first kappa shape index (κ1) is 27.9. The molecule has 3 heterocycles. The second kappa shape index (κ2) is 12.6. The van der Waals surface area contributed by atoms with Crippen LogP contribution in [0.2, 0.25) is 0 Å². The van der Waals surface area contributed by atoms with Gasteiger partial charge in [-0.2, -0.15) is 0 Å². The van der Waals surface area contributed by atoms with Crippen LogP contribution in [0, 0.1) is 11.8 Å². The fourth-order valence-corrected chi connectivity index (χ4v) is 6.91. The van der Waals surface area contributed by atoms with Crippen molar-refractivity contribution in [1.29, 1.82) is 0 Å². The molecule has 2 aliphatic heterocycles. The second-order valence-electron chi connectivity index (χ2n) is 12.1. The molecule has 0 bridgehead atoms. The third-order valence-electron chi connectivity index (χ3n) is 8.71. The molecule has 6 nitrogen and oxygen atoms in total. The Hall–Kier alpha value is -2.70. The molecule has 2 aliphatic rings. The quantitative estimate of drug-likeness (QED) is 0.352. The lowest BCUT2D eigenvalue weighted by molar-refractivity contribution is 0.0836. The van der Waals surface area contributed by atoms with Gasteiger partial charge in [0.2, 0.25) is 0 Å². The zero-order valence-electron chi connectivity index (χ0n) is 24.4. The van der Waals surface area contributed by atoms with E-state index < -0.39 is 0 Å². The summed E-state index contributed by atoms with van der Waals surface area (Å²) in [6.07, 6.45) is 5.59. The maximum atomic E-state index is 13.8. The average molecular weight is 530 g/mol. The smallest absolute Gasteiger partial charge is 0.261 e. The van der Waals surface area contributed by atoms with Gasteiger partial charge >= 0.3 is 0 Å². The van der Waals surface area contributed by atoms with Crippen molar-refractivity contribution in [2.45, 2.75) is 85.0 Å². The van der Waals surface area contributed by atoms with Crippen LogP contribution in [0.25, 0.3) is 10.9 Å². The molecule has 0 aliphatic carbocycles. The van der Waals surface area contributed by atoms with E-state index in [1.54, 1.807) is 0 Å². The van der Waals surface area contributed by atoms with Crippen LogP contribution in [-0.4, -0.2) is 51.6 Å². The Labute approximate surface area is 234 Å². The summed E-state index contributed by atoms with van der Waals surface area (Å²) in [5, 5.41) is 4.46. The number of anilines is 1. The second-order valence-corrected chi connectivity index (χ2v) is 12.1. The Morgan fingerprint density at radius 2 is 1.72 bits per heavy atom. The number of rotatable bonds is 9. The van der Waals surface area contributed by atoms with E-state index in [0.717, 1.165) is 80.8 Å². The lowest BCUT2D eigenvalue weighted by atomic mass is 9.90. The van der Waals surface area contributed by atoms with Crippen LogP contribution in [0.1, 0.15) is 77.2 Å².